The summed E-state index contributed by atoms with van der Waals surface area (Å²) >= 11 is 0. The van der Waals surface area contributed by atoms with Crippen LogP contribution in [0.1, 0.15) is 58.3 Å². The Morgan fingerprint density at radius 3 is 1.87 bits per heavy atom. The van der Waals surface area contributed by atoms with Crippen molar-refractivity contribution in [1.82, 2.24) is 19.6 Å². The summed E-state index contributed by atoms with van der Waals surface area (Å²) in [7, 11) is 2.23. The van der Waals surface area contributed by atoms with Gasteiger partial charge in [-0.3, -0.25) is 0 Å². The Kier molecular flexibility index (Phi) is 8.89. The van der Waals surface area contributed by atoms with Gasteiger partial charge in [0.15, 0.2) is 0 Å². The molecule has 5 nitrogen and oxygen atoms in total. The Hall–Kier alpha value is -0.200. The fourth-order valence-electron chi connectivity index (χ4n) is 6.32. The van der Waals surface area contributed by atoms with Crippen LogP contribution in [0.3, 0.4) is 0 Å². The van der Waals surface area contributed by atoms with Crippen LogP contribution in [0.4, 0.5) is 0 Å². The van der Waals surface area contributed by atoms with Gasteiger partial charge in [0.05, 0.1) is 12.2 Å². The molecule has 0 aromatic carbocycles. The van der Waals surface area contributed by atoms with Crippen LogP contribution in [-0.4, -0.2) is 111 Å². The van der Waals surface area contributed by atoms with Gasteiger partial charge in [0.1, 0.15) is 0 Å². The van der Waals surface area contributed by atoms with Crippen LogP contribution in [0.5, 0.6) is 0 Å². The maximum absolute atomic E-state index is 6.47. The minimum atomic E-state index is 0.532. The zero-order valence-corrected chi connectivity index (χ0v) is 19.9. The van der Waals surface area contributed by atoms with Crippen molar-refractivity contribution < 1.29 is 4.74 Å². The third-order valence-corrected chi connectivity index (χ3v) is 8.39. The van der Waals surface area contributed by atoms with Crippen molar-refractivity contribution in [1.29, 1.82) is 0 Å². The predicted octanol–water partition coefficient (Wildman–Crippen LogP) is 3.01. The first kappa shape index (κ1) is 23.0. The highest BCUT2D eigenvalue weighted by Gasteiger charge is 2.28. The number of hydrogen-bond acceptors (Lipinski definition) is 5. The Bertz CT molecular complexity index is 480. The smallest absolute Gasteiger partial charge is 0.0603 e. The summed E-state index contributed by atoms with van der Waals surface area (Å²) in [6.07, 6.45) is 11.8. The van der Waals surface area contributed by atoms with E-state index < -0.39 is 0 Å². The third-order valence-electron chi connectivity index (χ3n) is 8.39. The molecule has 4 aliphatic rings. The van der Waals surface area contributed by atoms with Crippen LogP contribution in [0, 0.1) is 11.8 Å². The molecule has 3 aliphatic heterocycles. The van der Waals surface area contributed by atoms with Crippen molar-refractivity contribution in [2.75, 3.05) is 79.0 Å². The number of rotatable bonds is 7. The molecule has 3 heterocycles. The van der Waals surface area contributed by atoms with Gasteiger partial charge in [-0.05, 0) is 83.3 Å². The summed E-state index contributed by atoms with van der Waals surface area (Å²) in [5, 5.41) is 0. The molecule has 0 aromatic rings. The normalized spacial score (nSPS) is 34.4. The quantitative estimate of drug-likeness (QED) is 0.630. The highest BCUT2D eigenvalue weighted by Crippen LogP contribution is 2.29. The highest BCUT2D eigenvalue weighted by atomic mass is 16.5. The molecule has 4 fully saturated rings. The standard InChI is InChI=1S/C25H48N4O/c1-3-27-12-4-5-23(20-27)21-29-17-15-28(16-18-29)19-22-6-8-24(9-7-22)30-25-10-13-26(2)14-11-25/h22-25H,3-21H2,1-2H3/t22?,23-,24?/m0/s1. The number of piperidine rings is 2. The second-order valence-corrected chi connectivity index (χ2v) is 10.8. The van der Waals surface area contributed by atoms with Crippen molar-refractivity contribution in [3.63, 3.8) is 0 Å². The van der Waals surface area contributed by atoms with Gasteiger partial charge in [-0.25, -0.2) is 0 Å². The van der Waals surface area contributed by atoms with E-state index in [1.807, 2.05) is 0 Å². The van der Waals surface area contributed by atoms with Crippen LogP contribution in [0.25, 0.3) is 0 Å². The van der Waals surface area contributed by atoms with Crippen molar-refractivity contribution >= 4 is 0 Å². The molecule has 30 heavy (non-hydrogen) atoms. The molecule has 1 aliphatic carbocycles. The van der Waals surface area contributed by atoms with E-state index in [0.717, 1.165) is 11.8 Å². The van der Waals surface area contributed by atoms with E-state index in [9.17, 15) is 0 Å². The van der Waals surface area contributed by atoms with Gasteiger partial charge in [0, 0.05) is 58.9 Å². The van der Waals surface area contributed by atoms with Gasteiger partial charge in [0.2, 0.25) is 0 Å². The van der Waals surface area contributed by atoms with Crippen molar-refractivity contribution in [3.05, 3.63) is 0 Å². The second kappa shape index (κ2) is 11.6. The molecular weight excluding hydrogens is 372 g/mol. The molecule has 0 radical (unpaired) electrons. The number of likely N-dealkylation sites (tertiary alicyclic amines) is 2. The van der Waals surface area contributed by atoms with Gasteiger partial charge in [-0.15, -0.1) is 0 Å². The maximum Gasteiger partial charge on any atom is 0.0603 e. The van der Waals surface area contributed by atoms with Gasteiger partial charge in [-0.2, -0.15) is 0 Å². The molecule has 4 rings (SSSR count). The Morgan fingerprint density at radius 2 is 1.23 bits per heavy atom. The lowest BCUT2D eigenvalue weighted by Gasteiger charge is -2.41. The lowest BCUT2D eigenvalue weighted by Crippen LogP contribution is -2.50. The summed E-state index contributed by atoms with van der Waals surface area (Å²) in [5.74, 6) is 1.82. The molecular formula is C25H48N4O. The molecule has 0 spiro atoms. The highest BCUT2D eigenvalue weighted by molar-refractivity contribution is 4.82. The lowest BCUT2D eigenvalue weighted by molar-refractivity contribution is -0.0604. The van der Waals surface area contributed by atoms with Crippen LogP contribution in [0.2, 0.25) is 0 Å². The van der Waals surface area contributed by atoms with Gasteiger partial charge in [0.25, 0.3) is 0 Å². The summed E-state index contributed by atoms with van der Waals surface area (Å²) in [5.41, 5.74) is 0. The largest absolute Gasteiger partial charge is 0.375 e. The molecule has 3 saturated heterocycles. The number of piperazine rings is 1. The second-order valence-electron chi connectivity index (χ2n) is 10.8. The zero-order valence-electron chi connectivity index (χ0n) is 19.9. The van der Waals surface area contributed by atoms with Gasteiger partial charge in [-0.1, -0.05) is 6.92 Å². The molecule has 0 unspecified atom stereocenters. The average molecular weight is 421 g/mol. The zero-order chi connectivity index (χ0) is 20.8. The first-order valence-electron chi connectivity index (χ1n) is 13.2. The first-order valence-corrected chi connectivity index (χ1v) is 13.2. The number of hydrogen-bond donors (Lipinski definition) is 0. The monoisotopic (exact) mass is 420 g/mol. The Balaban J connectivity index is 1.09. The average Bonchev–Trinajstić information content (AvgIpc) is 2.78. The SMILES string of the molecule is CCN1CCC[C@H](CN2CCN(CC3CCC(OC4CCN(C)CC4)CC3)CC2)C1. The number of ether oxygens (including phenoxy) is 1. The topological polar surface area (TPSA) is 22.2 Å². The third kappa shape index (κ3) is 6.90. The molecule has 1 atom stereocenters. The van der Waals surface area contributed by atoms with Crippen molar-refractivity contribution in [2.45, 2.75) is 70.5 Å². The lowest BCUT2D eigenvalue weighted by atomic mass is 9.86. The molecule has 0 N–H and O–H groups in total. The molecule has 0 bridgehead atoms. The fraction of sp³-hybridized carbons (Fsp3) is 1.00. The first-order chi connectivity index (χ1) is 14.7. The van der Waals surface area contributed by atoms with Crippen LogP contribution in [0.15, 0.2) is 0 Å². The maximum atomic E-state index is 6.47. The summed E-state index contributed by atoms with van der Waals surface area (Å²) in [6.45, 7) is 16.5. The summed E-state index contributed by atoms with van der Waals surface area (Å²) in [4.78, 5) is 10.6. The molecule has 174 valence electrons. The van der Waals surface area contributed by atoms with E-state index in [0.29, 0.717) is 12.2 Å². The van der Waals surface area contributed by atoms with E-state index in [2.05, 4.69) is 33.6 Å². The number of nitrogens with zero attached hydrogens (tertiary/aromatic N) is 4. The molecule has 5 heteroatoms. The van der Waals surface area contributed by atoms with Crippen molar-refractivity contribution in [2.24, 2.45) is 11.8 Å². The van der Waals surface area contributed by atoms with Crippen LogP contribution in [-0.2, 0) is 4.74 Å². The molecule has 1 saturated carbocycles. The van der Waals surface area contributed by atoms with E-state index in [-0.39, 0.29) is 0 Å². The van der Waals surface area contributed by atoms with Gasteiger partial charge < -0.3 is 24.3 Å². The minimum absolute atomic E-state index is 0.532. The van der Waals surface area contributed by atoms with E-state index >= 15 is 0 Å². The Labute approximate surface area is 186 Å². The molecule has 0 aromatic heterocycles. The van der Waals surface area contributed by atoms with E-state index in [1.54, 1.807) is 0 Å². The molecule has 0 amide bonds. The summed E-state index contributed by atoms with van der Waals surface area (Å²) < 4.78 is 6.47. The predicted molar refractivity (Wildman–Crippen MR) is 125 cm³/mol. The summed E-state index contributed by atoms with van der Waals surface area (Å²) in [6, 6.07) is 0. The Morgan fingerprint density at radius 1 is 0.633 bits per heavy atom. The fourth-order valence-corrected chi connectivity index (χ4v) is 6.32. The van der Waals surface area contributed by atoms with Crippen molar-refractivity contribution in [3.8, 4) is 0 Å². The van der Waals surface area contributed by atoms with E-state index in [1.165, 1.54) is 123 Å². The van der Waals surface area contributed by atoms with Crippen LogP contribution >= 0.6 is 0 Å². The van der Waals surface area contributed by atoms with Gasteiger partial charge >= 0.3 is 0 Å². The van der Waals surface area contributed by atoms with E-state index in [4.69, 9.17) is 4.74 Å². The minimum Gasteiger partial charge on any atom is -0.375 e. The van der Waals surface area contributed by atoms with Crippen LogP contribution < -0.4 is 0 Å².